The Morgan fingerprint density at radius 2 is 1.94 bits per heavy atom. The van der Waals surface area contributed by atoms with Crippen LogP contribution in [0.15, 0.2) is 22.7 Å². The van der Waals surface area contributed by atoms with Crippen molar-refractivity contribution in [3.63, 3.8) is 0 Å². The third kappa shape index (κ3) is 1.96. The number of hydrogen-bond donors (Lipinski definition) is 0. The molecule has 0 amide bonds. The molecule has 2 rings (SSSR count). The van der Waals surface area contributed by atoms with Crippen molar-refractivity contribution < 1.29 is 4.39 Å². The molecule has 0 atom stereocenters. The van der Waals surface area contributed by atoms with E-state index in [-0.39, 0.29) is 5.82 Å². The van der Waals surface area contributed by atoms with Gasteiger partial charge in [0.05, 0.1) is 9.99 Å². The Bertz CT molecular complexity index is 549. The van der Waals surface area contributed by atoms with Gasteiger partial charge in [0.25, 0.3) is 0 Å². The summed E-state index contributed by atoms with van der Waals surface area (Å²) in [5.74, 6) is 0.140. The number of pyridine rings is 1. The molecule has 0 saturated heterocycles. The Balaban J connectivity index is 2.77. The first kappa shape index (κ1) is 11.5. The summed E-state index contributed by atoms with van der Waals surface area (Å²) < 4.78 is 13.9. The molecule has 1 heterocycles. The highest BCUT2D eigenvalue weighted by molar-refractivity contribution is 9.10. The summed E-state index contributed by atoms with van der Waals surface area (Å²) in [6.07, 6.45) is 0. The van der Waals surface area contributed by atoms with Gasteiger partial charge in [0.2, 0.25) is 0 Å². The number of rotatable bonds is 1. The highest BCUT2D eigenvalue weighted by Gasteiger charge is 2.09. The van der Waals surface area contributed by atoms with Crippen LogP contribution in [0.2, 0.25) is 0 Å². The number of aromatic nitrogens is 1. The van der Waals surface area contributed by atoms with Crippen LogP contribution in [-0.2, 0) is 0 Å². The highest BCUT2D eigenvalue weighted by atomic mass is 79.9. The van der Waals surface area contributed by atoms with E-state index in [1.807, 2.05) is 13.0 Å². The second-order valence-corrected chi connectivity index (χ2v) is 5.16. The fourth-order valence-corrected chi connectivity index (χ4v) is 2.04. The average molecular weight is 282 g/mol. The molecule has 0 N–H and O–H groups in total. The smallest absolute Gasteiger partial charge is 0.138 e. The summed E-state index contributed by atoms with van der Waals surface area (Å²) in [5, 5.41) is 0.880. The van der Waals surface area contributed by atoms with Gasteiger partial charge in [-0.1, -0.05) is 13.8 Å². The lowest BCUT2D eigenvalue weighted by atomic mass is 10.0. The molecule has 0 aliphatic rings. The van der Waals surface area contributed by atoms with E-state index in [2.05, 4.69) is 34.8 Å². The first-order valence-corrected chi connectivity index (χ1v) is 6.04. The summed E-state index contributed by atoms with van der Waals surface area (Å²) >= 11 is 3.19. The molecule has 0 fully saturated rings. The average Bonchev–Trinajstić information content (AvgIpc) is 2.20. The van der Waals surface area contributed by atoms with Crippen LogP contribution in [-0.4, -0.2) is 4.98 Å². The van der Waals surface area contributed by atoms with Crippen LogP contribution < -0.4 is 0 Å². The summed E-state index contributed by atoms with van der Waals surface area (Å²) in [4.78, 5) is 4.54. The van der Waals surface area contributed by atoms with Crippen LogP contribution in [0.5, 0.6) is 0 Å². The summed E-state index contributed by atoms with van der Waals surface area (Å²) in [6.45, 7) is 6.20. The van der Waals surface area contributed by atoms with Crippen LogP contribution >= 0.6 is 15.9 Å². The van der Waals surface area contributed by atoms with Crippen molar-refractivity contribution in [3.05, 3.63) is 39.7 Å². The van der Waals surface area contributed by atoms with Crippen molar-refractivity contribution in [1.82, 2.24) is 4.98 Å². The molecule has 1 aromatic carbocycles. The molecule has 0 unspecified atom stereocenters. The molecule has 1 aromatic heterocycles. The number of nitrogens with zero attached hydrogens (tertiary/aromatic N) is 1. The number of hydrogen-bond acceptors (Lipinski definition) is 1. The topological polar surface area (TPSA) is 12.9 Å². The molecule has 84 valence electrons. The van der Waals surface area contributed by atoms with Gasteiger partial charge in [-0.25, -0.2) is 4.39 Å². The van der Waals surface area contributed by atoms with E-state index in [4.69, 9.17) is 0 Å². The Morgan fingerprint density at radius 1 is 1.25 bits per heavy atom. The van der Waals surface area contributed by atoms with Gasteiger partial charge in [0, 0.05) is 11.1 Å². The van der Waals surface area contributed by atoms with E-state index in [0.29, 0.717) is 10.4 Å². The summed E-state index contributed by atoms with van der Waals surface area (Å²) in [5.41, 5.74) is 2.96. The minimum absolute atomic E-state index is 0.241. The van der Waals surface area contributed by atoms with Crippen LogP contribution in [0.4, 0.5) is 4.39 Å². The van der Waals surface area contributed by atoms with Gasteiger partial charge < -0.3 is 0 Å². The number of aryl methyl sites for hydroxylation is 1. The maximum Gasteiger partial charge on any atom is 0.138 e. The summed E-state index contributed by atoms with van der Waals surface area (Å²) in [7, 11) is 0. The third-order valence-electron chi connectivity index (χ3n) is 2.67. The molecule has 16 heavy (non-hydrogen) atoms. The van der Waals surface area contributed by atoms with Crippen molar-refractivity contribution in [2.24, 2.45) is 0 Å². The van der Waals surface area contributed by atoms with Gasteiger partial charge >= 0.3 is 0 Å². The predicted molar refractivity (Wildman–Crippen MR) is 68.2 cm³/mol. The predicted octanol–water partition coefficient (Wildman–Crippen LogP) is 4.57. The van der Waals surface area contributed by atoms with E-state index in [9.17, 15) is 4.39 Å². The SMILES string of the molecule is Cc1cc(C(C)C)nc2cc(Br)c(F)cc12. The Labute approximate surface area is 103 Å². The molecule has 0 saturated carbocycles. The molecular weight excluding hydrogens is 269 g/mol. The molecule has 0 spiro atoms. The molecule has 0 aliphatic carbocycles. The number of fused-ring (bicyclic) bond motifs is 1. The quantitative estimate of drug-likeness (QED) is 0.746. The van der Waals surface area contributed by atoms with Crippen molar-refractivity contribution in [2.45, 2.75) is 26.7 Å². The van der Waals surface area contributed by atoms with Gasteiger partial charge in [0.15, 0.2) is 0 Å². The van der Waals surface area contributed by atoms with E-state index in [0.717, 1.165) is 22.2 Å². The first-order chi connectivity index (χ1) is 7.49. The maximum atomic E-state index is 13.4. The molecule has 3 heteroatoms. The maximum absolute atomic E-state index is 13.4. The molecule has 0 aliphatic heterocycles. The fourth-order valence-electron chi connectivity index (χ4n) is 1.71. The number of benzene rings is 1. The van der Waals surface area contributed by atoms with Crippen LogP contribution in [0.25, 0.3) is 10.9 Å². The van der Waals surface area contributed by atoms with Gasteiger partial charge in [-0.2, -0.15) is 0 Å². The standard InChI is InChI=1S/C13H13BrFN/c1-7(2)12-4-8(3)9-5-11(15)10(14)6-13(9)16-12/h4-7H,1-3H3. The minimum Gasteiger partial charge on any atom is -0.253 e. The van der Waals surface area contributed by atoms with Crippen molar-refractivity contribution in [1.29, 1.82) is 0 Å². The Kier molecular flexibility index (Phi) is 2.98. The number of halogens is 2. The van der Waals surface area contributed by atoms with Gasteiger partial charge in [-0.15, -0.1) is 0 Å². The second kappa shape index (κ2) is 4.13. The molecule has 0 bridgehead atoms. The van der Waals surface area contributed by atoms with Crippen molar-refractivity contribution in [2.75, 3.05) is 0 Å². The van der Waals surface area contributed by atoms with E-state index >= 15 is 0 Å². The van der Waals surface area contributed by atoms with Gasteiger partial charge in [0.1, 0.15) is 5.82 Å². The van der Waals surface area contributed by atoms with Gasteiger partial charge in [-0.3, -0.25) is 4.98 Å². The van der Waals surface area contributed by atoms with Gasteiger partial charge in [-0.05, 0) is 52.5 Å². The third-order valence-corrected chi connectivity index (χ3v) is 3.28. The van der Waals surface area contributed by atoms with Crippen LogP contribution in [0, 0.1) is 12.7 Å². The van der Waals surface area contributed by atoms with Crippen molar-refractivity contribution >= 4 is 26.8 Å². The van der Waals surface area contributed by atoms with Crippen LogP contribution in [0.1, 0.15) is 31.0 Å². The van der Waals surface area contributed by atoms with Crippen LogP contribution in [0.3, 0.4) is 0 Å². The highest BCUT2D eigenvalue weighted by Crippen LogP contribution is 2.26. The largest absolute Gasteiger partial charge is 0.253 e. The first-order valence-electron chi connectivity index (χ1n) is 5.25. The molecule has 0 radical (unpaired) electrons. The molecule has 1 nitrogen and oxygen atoms in total. The molecular formula is C13H13BrFN. The molecule has 2 aromatic rings. The normalized spacial score (nSPS) is 11.4. The lowest BCUT2D eigenvalue weighted by molar-refractivity contribution is 0.623. The fraction of sp³-hybridized carbons (Fsp3) is 0.308. The lowest BCUT2D eigenvalue weighted by Gasteiger charge is -2.09. The monoisotopic (exact) mass is 281 g/mol. The zero-order valence-electron chi connectivity index (χ0n) is 9.51. The lowest BCUT2D eigenvalue weighted by Crippen LogP contribution is -1.95. The van der Waals surface area contributed by atoms with E-state index < -0.39 is 0 Å². The minimum atomic E-state index is -0.241. The summed E-state index contributed by atoms with van der Waals surface area (Å²) in [6, 6.07) is 5.30. The van der Waals surface area contributed by atoms with E-state index in [1.165, 1.54) is 6.07 Å². The zero-order chi connectivity index (χ0) is 11.9. The zero-order valence-corrected chi connectivity index (χ0v) is 11.1. The Hall–Kier alpha value is -0.960. The van der Waals surface area contributed by atoms with E-state index in [1.54, 1.807) is 6.07 Å². The Morgan fingerprint density at radius 3 is 2.56 bits per heavy atom. The van der Waals surface area contributed by atoms with Crippen molar-refractivity contribution in [3.8, 4) is 0 Å². The second-order valence-electron chi connectivity index (χ2n) is 4.30.